The van der Waals surface area contributed by atoms with Crippen molar-refractivity contribution in [3.63, 3.8) is 0 Å². The Kier molecular flexibility index (Phi) is 6.75. The van der Waals surface area contributed by atoms with Gasteiger partial charge in [-0.2, -0.15) is 0 Å². The largest absolute Gasteiger partial charge is 0.492 e. The standard InChI is InChI=1S/C13H18BrNO3/c1-2-7-15(10-13(16)17)8-9-18-12-5-3-11(14)4-6-12/h3-6H,2,7-10H2,1H3,(H,16,17). The second-order valence-corrected chi connectivity index (χ2v) is 4.89. The van der Waals surface area contributed by atoms with E-state index < -0.39 is 5.97 Å². The molecule has 0 atom stereocenters. The number of benzene rings is 1. The number of halogens is 1. The van der Waals surface area contributed by atoms with Gasteiger partial charge in [0, 0.05) is 11.0 Å². The van der Waals surface area contributed by atoms with Gasteiger partial charge in [0.15, 0.2) is 0 Å². The lowest BCUT2D eigenvalue weighted by Gasteiger charge is -2.19. The summed E-state index contributed by atoms with van der Waals surface area (Å²) in [4.78, 5) is 12.5. The summed E-state index contributed by atoms with van der Waals surface area (Å²) in [6.07, 6.45) is 0.936. The van der Waals surface area contributed by atoms with Crippen LogP contribution in [0, 0.1) is 0 Å². The van der Waals surface area contributed by atoms with Gasteiger partial charge >= 0.3 is 5.97 Å². The molecule has 1 N–H and O–H groups in total. The number of hydrogen-bond acceptors (Lipinski definition) is 3. The fraction of sp³-hybridized carbons (Fsp3) is 0.462. The van der Waals surface area contributed by atoms with Crippen molar-refractivity contribution in [3.05, 3.63) is 28.7 Å². The number of nitrogens with zero attached hydrogens (tertiary/aromatic N) is 1. The van der Waals surface area contributed by atoms with Crippen molar-refractivity contribution < 1.29 is 14.6 Å². The molecule has 5 heteroatoms. The van der Waals surface area contributed by atoms with Crippen molar-refractivity contribution in [2.75, 3.05) is 26.2 Å². The highest BCUT2D eigenvalue weighted by atomic mass is 79.9. The molecule has 0 bridgehead atoms. The number of carboxylic acid groups (broad SMARTS) is 1. The Hall–Kier alpha value is -1.07. The van der Waals surface area contributed by atoms with Crippen LogP contribution < -0.4 is 4.74 Å². The van der Waals surface area contributed by atoms with Gasteiger partial charge < -0.3 is 9.84 Å². The lowest BCUT2D eigenvalue weighted by atomic mass is 10.3. The summed E-state index contributed by atoms with van der Waals surface area (Å²) >= 11 is 3.36. The molecule has 0 amide bonds. The monoisotopic (exact) mass is 315 g/mol. The van der Waals surface area contributed by atoms with E-state index in [2.05, 4.69) is 15.9 Å². The Balaban J connectivity index is 2.33. The molecule has 0 aromatic heterocycles. The van der Waals surface area contributed by atoms with Crippen LogP contribution in [0.2, 0.25) is 0 Å². The van der Waals surface area contributed by atoms with E-state index in [0.717, 1.165) is 23.2 Å². The molecular formula is C13H18BrNO3. The molecule has 1 aromatic carbocycles. The highest BCUT2D eigenvalue weighted by Crippen LogP contribution is 2.15. The molecule has 18 heavy (non-hydrogen) atoms. The summed E-state index contributed by atoms with van der Waals surface area (Å²) in [6.45, 7) is 3.99. The maximum Gasteiger partial charge on any atom is 0.317 e. The van der Waals surface area contributed by atoms with Gasteiger partial charge in [-0.3, -0.25) is 9.69 Å². The van der Waals surface area contributed by atoms with Crippen molar-refractivity contribution in [2.24, 2.45) is 0 Å². The lowest BCUT2D eigenvalue weighted by Crippen LogP contribution is -2.34. The van der Waals surface area contributed by atoms with Gasteiger partial charge in [-0.05, 0) is 37.2 Å². The Morgan fingerprint density at radius 1 is 1.33 bits per heavy atom. The molecule has 0 aliphatic carbocycles. The topological polar surface area (TPSA) is 49.8 Å². The number of carbonyl (C=O) groups is 1. The van der Waals surface area contributed by atoms with E-state index in [-0.39, 0.29) is 6.54 Å². The van der Waals surface area contributed by atoms with E-state index in [9.17, 15) is 4.79 Å². The van der Waals surface area contributed by atoms with Crippen molar-refractivity contribution in [1.29, 1.82) is 0 Å². The molecule has 0 radical (unpaired) electrons. The van der Waals surface area contributed by atoms with Crippen molar-refractivity contribution in [3.8, 4) is 5.75 Å². The maximum absolute atomic E-state index is 10.7. The van der Waals surface area contributed by atoms with Gasteiger partial charge in [-0.1, -0.05) is 22.9 Å². The first-order chi connectivity index (χ1) is 8.61. The number of ether oxygens (including phenoxy) is 1. The van der Waals surface area contributed by atoms with Crippen molar-refractivity contribution in [2.45, 2.75) is 13.3 Å². The molecule has 100 valence electrons. The Labute approximate surface area is 116 Å². The van der Waals surface area contributed by atoms with Crippen molar-refractivity contribution in [1.82, 2.24) is 4.90 Å². The SMILES string of the molecule is CCCN(CCOc1ccc(Br)cc1)CC(=O)O. The van der Waals surface area contributed by atoms with Crippen LogP contribution in [0.25, 0.3) is 0 Å². The Morgan fingerprint density at radius 3 is 2.56 bits per heavy atom. The molecule has 4 nitrogen and oxygen atoms in total. The van der Waals surface area contributed by atoms with Crippen LogP contribution in [-0.2, 0) is 4.79 Å². The van der Waals surface area contributed by atoms with Crippen LogP contribution in [0.15, 0.2) is 28.7 Å². The smallest absolute Gasteiger partial charge is 0.317 e. The van der Waals surface area contributed by atoms with Gasteiger partial charge in [0.05, 0.1) is 6.54 Å². The highest BCUT2D eigenvalue weighted by Gasteiger charge is 2.08. The summed E-state index contributed by atoms with van der Waals surface area (Å²) in [5.74, 6) is -0.00272. The lowest BCUT2D eigenvalue weighted by molar-refractivity contribution is -0.138. The van der Waals surface area contributed by atoms with Crippen LogP contribution in [0.1, 0.15) is 13.3 Å². The number of rotatable bonds is 8. The van der Waals surface area contributed by atoms with E-state index in [1.165, 1.54) is 0 Å². The van der Waals surface area contributed by atoms with E-state index in [1.54, 1.807) is 0 Å². The normalized spacial score (nSPS) is 10.6. The van der Waals surface area contributed by atoms with E-state index in [0.29, 0.717) is 13.2 Å². The maximum atomic E-state index is 10.7. The van der Waals surface area contributed by atoms with Gasteiger partial charge in [-0.25, -0.2) is 0 Å². The van der Waals surface area contributed by atoms with Crippen molar-refractivity contribution >= 4 is 21.9 Å². The van der Waals surface area contributed by atoms with Gasteiger partial charge in [-0.15, -0.1) is 0 Å². The first-order valence-electron chi connectivity index (χ1n) is 5.94. The third-order valence-corrected chi connectivity index (χ3v) is 2.92. The van der Waals surface area contributed by atoms with E-state index >= 15 is 0 Å². The molecule has 0 unspecified atom stereocenters. The molecule has 0 aliphatic heterocycles. The predicted octanol–water partition coefficient (Wildman–Crippen LogP) is 2.62. The molecule has 0 heterocycles. The average molecular weight is 316 g/mol. The zero-order valence-electron chi connectivity index (χ0n) is 10.4. The van der Waals surface area contributed by atoms with Crippen LogP contribution in [-0.4, -0.2) is 42.2 Å². The van der Waals surface area contributed by atoms with Crippen LogP contribution >= 0.6 is 15.9 Å². The highest BCUT2D eigenvalue weighted by molar-refractivity contribution is 9.10. The zero-order valence-corrected chi connectivity index (χ0v) is 12.0. The molecular weight excluding hydrogens is 298 g/mol. The third kappa shape index (κ3) is 6.02. The second kappa shape index (κ2) is 8.11. The third-order valence-electron chi connectivity index (χ3n) is 2.39. The minimum absolute atomic E-state index is 0.0670. The van der Waals surface area contributed by atoms with Crippen LogP contribution in [0.5, 0.6) is 5.75 Å². The average Bonchev–Trinajstić information content (AvgIpc) is 2.31. The minimum atomic E-state index is -0.799. The van der Waals surface area contributed by atoms with Crippen LogP contribution in [0.4, 0.5) is 0 Å². The zero-order chi connectivity index (χ0) is 13.4. The molecule has 0 fully saturated rings. The second-order valence-electron chi connectivity index (χ2n) is 3.97. The summed E-state index contributed by atoms with van der Waals surface area (Å²) in [5.41, 5.74) is 0. The Bertz CT molecular complexity index is 367. The number of hydrogen-bond donors (Lipinski definition) is 1. The molecule has 1 rings (SSSR count). The fourth-order valence-electron chi connectivity index (χ4n) is 1.60. The first kappa shape index (κ1) is 15.0. The number of aliphatic carboxylic acids is 1. The molecule has 1 aromatic rings. The van der Waals surface area contributed by atoms with E-state index in [4.69, 9.17) is 9.84 Å². The first-order valence-corrected chi connectivity index (χ1v) is 6.73. The quantitative estimate of drug-likeness (QED) is 0.801. The molecule has 0 saturated carbocycles. The summed E-state index contributed by atoms with van der Waals surface area (Å²) in [7, 11) is 0. The summed E-state index contributed by atoms with van der Waals surface area (Å²) in [6, 6.07) is 7.59. The van der Waals surface area contributed by atoms with Gasteiger partial charge in [0.2, 0.25) is 0 Å². The van der Waals surface area contributed by atoms with E-state index in [1.807, 2.05) is 36.1 Å². The molecule has 0 aliphatic rings. The summed E-state index contributed by atoms with van der Waals surface area (Å²) < 4.78 is 6.57. The van der Waals surface area contributed by atoms with Crippen LogP contribution in [0.3, 0.4) is 0 Å². The molecule has 0 saturated heterocycles. The predicted molar refractivity (Wildman–Crippen MR) is 74.0 cm³/mol. The summed E-state index contributed by atoms with van der Waals surface area (Å²) in [5, 5.41) is 8.77. The van der Waals surface area contributed by atoms with Gasteiger partial charge in [0.1, 0.15) is 12.4 Å². The Morgan fingerprint density at radius 2 is 2.00 bits per heavy atom. The molecule has 0 spiro atoms. The van der Waals surface area contributed by atoms with Gasteiger partial charge in [0.25, 0.3) is 0 Å². The number of carboxylic acids is 1. The fourth-order valence-corrected chi connectivity index (χ4v) is 1.87. The minimum Gasteiger partial charge on any atom is -0.492 e.